The van der Waals surface area contributed by atoms with E-state index in [0.29, 0.717) is 42.9 Å². The van der Waals surface area contributed by atoms with Crippen LogP contribution in [0.4, 0.5) is 5.69 Å². The molecular formula is C27H32N2O4. The van der Waals surface area contributed by atoms with Gasteiger partial charge in [0.15, 0.2) is 12.4 Å². The van der Waals surface area contributed by atoms with Crippen molar-refractivity contribution in [1.29, 1.82) is 0 Å². The lowest BCUT2D eigenvalue weighted by Crippen LogP contribution is -2.46. The molecule has 2 aromatic carbocycles. The molecule has 1 fully saturated rings. The quantitative estimate of drug-likeness (QED) is 0.634. The molecule has 0 saturated carbocycles. The van der Waals surface area contributed by atoms with Crippen LogP contribution >= 0.6 is 0 Å². The molecule has 6 heteroatoms. The number of ether oxygens (including phenoxy) is 1. The second-order valence-corrected chi connectivity index (χ2v) is 9.70. The fourth-order valence-corrected chi connectivity index (χ4v) is 4.73. The molecule has 0 atom stereocenters. The van der Waals surface area contributed by atoms with Gasteiger partial charge in [0.05, 0.1) is 5.69 Å². The van der Waals surface area contributed by atoms with Crippen LogP contribution in [0.25, 0.3) is 0 Å². The number of likely N-dealkylation sites (tertiary alicyclic amines) is 1. The first kappa shape index (κ1) is 23.0. The highest BCUT2D eigenvalue weighted by Gasteiger charge is 2.35. The van der Waals surface area contributed by atoms with E-state index in [9.17, 15) is 14.4 Å². The normalized spacial score (nSPS) is 16.5. The van der Waals surface area contributed by atoms with E-state index >= 15 is 0 Å². The number of Topliss-reactive ketones (excluding diaryl/α,β-unsaturated/α-hetero) is 1. The van der Waals surface area contributed by atoms with Crippen molar-refractivity contribution in [3.05, 3.63) is 59.7 Å². The lowest BCUT2D eigenvalue weighted by Gasteiger charge is -2.36. The van der Waals surface area contributed by atoms with Gasteiger partial charge in [0.1, 0.15) is 5.75 Å². The number of carbonyl (C=O) groups excluding carboxylic acids is 3. The highest BCUT2D eigenvalue weighted by atomic mass is 16.5. The summed E-state index contributed by atoms with van der Waals surface area (Å²) in [6.07, 6.45) is 4.09. The van der Waals surface area contributed by atoms with Gasteiger partial charge in [-0.05, 0) is 55.9 Å². The maximum atomic E-state index is 13.2. The van der Waals surface area contributed by atoms with Crippen LogP contribution in [0.1, 0.15) is 55.5 Å². The minimum absolute atomic E-state index is 0.00458. The smallest absolute Gasteiger partial charge is 0.262 e. The van der Waals surface area contributed by atoms with Gasteiger partial charge in [-0.2, -0.15) is 0 Å². The molecule has 33 heavy (non-hydrogen) atoms. The molecule has 2 aliphatic rings. The van der Waals surface area contributed by atoms with Crippen molar-refractivity contribution in [1.82, 2.24) is 4.90 Å². The number of nitrogens with one attached hydrogen (secondary N) is 1. The molecule has 2 aliphatic heterocycles. The van der Waals surface area contributed by atoms with Gasteiger partial charge in [-0.15, -0.1) is 0 Å². The summed E-state index contributed by atoms with van der Waals surface area (Å²) in [4.78, 5) is 39.7. The SMILES string of the molecule is CC(C)(CCCc1ccccc1)C(=O)N1CCC(C(=O)c2ccc3c(c2)NC(=O)CO3)CC1. The summed E-state index contributed by atoms with van der Waals surface area (Å²) >= 11 is 0. The van der Waals surface area contributed by atoms with Crippen LogP contribution in [0.3, 0.4) is 0 Å². The Hall–Kier alpha value is -3.15. The summed E-state index contributed by atoms with van der Waals surface area (Å²) in [5.41, 5.74) is 2.00. The Morgan fingerprint density at radius 3 is 2.55 bits per heavy atom. The number of ketones is 1. The molecule has 0 radical (unpaired) electrons. The number of hydrogen-bond donors (Lipinski definition) is 1. The van der Waals surface area contributed by atoms with Crippen LogP contribution in [0.15, 0.2) is 48.5 Å². The number of anilines is 1. The maximum absolute atomic E-state index is 13.2. The Balaban J connectivity index is 1.29. The van der Waals surface area contributed by atoms with Gasteiger partial charge in [0.25, 0.3) is 5.91 Å². The number of benzene rings is 2. The minimum atomic E-state index is -0.414. The van der Waals surface area contributed by atoms with Gasteiger partial charge in [-0.1, -0.05) is 44.2 Å². The van der Waals surface area contributed by atoms with Crippen molar-refractivity contribution in [2.24, 2.45) is 11.3 Å². The Kier molecular flexibility index (Phi) is 6.82. The molecule has 0 unspecified atom stereocenters. The third kappa shape index (κ3) is 5.44. The second kappa shape index (κ2) is 9.77. The van der Waals surface area contributed by atoms with E-state index in [1.165, 1.54) is 5.56 Å². The molecule has 0 bridgehead atoms. The van der Waals surface area contributed by atoms with E-state index in [0.717, 1.165) is 19.3 Å². The third-order valence-electron chi connectivity index (χ3n) is 6.74. The van der Waals surface area contributed by atoms with Crippen LogP contribution in [-0.4, -0.2) is 42.2 Å². The summed E-state index contributed by atoms with van der Waals surface area (Å²) in [6.45, 7) is 5.25. The third-order valence-corrected chi connectivity index (χ3v) is 6.74. The summed E-state index contributed by atoms with van der Waals surface area (Å²) in [5.74, 6) is 0.488. The van der Waals surface area contributed by atoms with Gasteiger partial charge >= 0.3 is 0 Å². The van der Waals surface area contributed by atoms with E-state index in [2.05, 4.69) is 17.4 Å². The minimum Gasteiger partial charge on any atom is -0.482 e. The predicted molar refractivity (Wildman–Crippen MR) is 127 cm³/mol. The van der Waals surface area contributed by atoms with Crippen LogP contribution < -0.4 is 10.1 Å². The van der Waals surface area contributed by atoms with Gasteiger partial charge in [-0.3, -0.25) is 14.4 Å². The molecular weight excluding hydrogens is 416 g/mol. The van der Waals surface area contributed by atoms with Crippen molar-refractivity contribution >= 4 is 23.3 Å². The lowest BCUT2D eigenvalue weighted by atomic mass is 9.83. The topological polar surface area (TPSA) is 75.7 Å². The molecule has 0 spiro atoms. The van der Waals surface area contributed by atoms with Crippen LogP contribution in [0.2, 0.25) is 0 Å². The Morgan fingerprint density at radius 2 is 1.82 bits per heavy atom. The fraction of sp³-hybridized carbons (Fsp3) is 0.444. The van der Waals surface area contributed by atoms with E-state index < -0.39 is 5.41 Å². The first-order chi connectivity index (χ1) is 15.8. The molecule has 6 nitrogen and oxygen atoms in total. The average molecular weight is 449 g/mol. The van der Waals surface area contributed by atoms with Crippen molar-refractivity contribution in [2.75, 3.05) is 25.0 Å². The fourth-order valence-electron chi connectivity index (χ4n) is 4.73. The van der Waals surface area contributed by atoms with E-state index in [4.69, 9.17) is 4.74 Å². The number of nitrogens with zero attached hydrogens (tertiary/aromatic N) is 1. The summed E-state index contributed by atoms with van der Waals surface area (Å²) in [5, 5.41) is 2.75. The monoisotopic (exact) mass is 448 g/mol. The summed E-state index contributed by atoms with van der Waals surface area (Å²) in [6, 6.07) is 15.5. The molecule has 1 N–H and O–H groups in total. The van der Waals surface area contributed by atoms with E-state index in [1.807, 2.05) is 36.9 Å². The second-order valence-electron chi connectivity index (χ2n) is 9.70. The van der Waals surface area contributed by atoms with Gasteiger partial charge in [0, 0.05) is 30.0 Å². The number of amides is 2. The summed E-state index contributed by atoms with van der Waals surface area (Å²) in [7, 11) is 0. The van der Waals surface area contributed by atoms with Crippen molar-refractivity contribution in [3.8, 4) is 5.75 Å². The van der Waals surface area contributed by atoms with Gasteiger partial charge in [0.2, 0.25) is 5.91 Å². The number of piperidine rings is 1. The molecule has 2 heterocycles. The standard InChI is InChI=1S/C27H32N2O4/c1-27(2,14-6-9-19-7-4-3-5-8-19)26(32)29-15-12-20(13-16-29)25(31)21-10-11-23-22(17-21)28-24(30)18-33-23/h3-5,7-8,10-11,17,20H,6,9,12-16,18H2,1-2H3,(H,28,30). The molecule has 0 aliphatic carbocycles. The lowest BCUT2D eigenvalue weighted by molar-refractivity contribution is -0.142. The number of carbonyl (C=O) groups is 3. The summed E-state index contributed by atoms with van der Waals surface area (Å²) < 4.78 is 5.37. The molecule has 1 saturated heterocycles. The average Bonchev–Trinajstić information content (AvgIpc) is 2.83. The highest BCUT2D eigenvalue weighted by molar-refractivity contribution is 6.01. The first-order valence-corrected chi connectivity index (χ1v) is 11.8. The number of aryl methyl sites for hydroxylation is 1. The van der Waals surface area contributed by atoms with Crippen LogP contribution in [0.5, 0.6) is 5.75 Å². The van der Waals surface area contributed by atoms with E-state index in [-0.39, 0.29) is 30.1 Å². The Bertz CT molecular complexity index is 1020. The zero-order chi connectivity index (χ0) is 23.4. The Morgan fingerprint density at radius 1 is 1.09 bits per heavy atom. The van der Waals surface area contributed by atoms with E-state index in [1.54, 1.807) is 18.2 Å². The first-order valence-electron chi connectivity index (χ1n) is 11.8. The van der Waals surface area contributed by atoms with Gasteiger partial charge in [-0.25, -0.2) is 0 Å². The molecule has 4 rings (SSSR count). The molecule has 2 amide bonds. The number of fused-ring (bicyclic) bond motifs is 1. The molecule has 2 aromatic rings. The van der Waals surface area contributed by atoms with Crippen molar-refractivity contribution in [2.45, 2.75) is 46.0 Å². The number of hydrogen-bond acceptors (Lipinski definition) is 4. The Labute approximate surface area is 195 Å². The number of rotatable bonds is 7. The largest absolute Gasteiger partial charge is 0.482 e. The van der Waals surface area contributed by atoms with Crippen LogP contribution in [-0.2, 0) is 16.0 Å². The van der Waals surface area contributed by atoms with Crippen molar-refractivity contribution < 1.29 is 19.1 Å². The molecule has 174 valence electrons. The zero-order valence-corrected chi connectivity index (χ0v) is 19.4. The maximum Gasteiger partial charge on any atom is 0.262 e. The van der Waals surface area contributed by atoms with Crippen LogP contribution in [0, 0.1) is 11.3 Å². The van der Waals surface area contributed by atoms with Crippen molar-refractivity contribution in [3.63, 3.8) is 0 Å². The molecule has 0 aromatic heterocycles. The highest BCUT2D eigenvalue weighted by Crippen LogP contribution is 2.32. The zero-order valence-electron chi connectivity index (χ0n) is 19.4. The van der Waals surface area contributed by atoms with Gasteiger partial charge < -0.3 is 15.0 Å². The predicted octanol–water partition coefficient (Wildman–Crippen LogP) is 4.49.